The highest BCUT2D eigenvalue weighted by Gasteiger charge is 2.33. The highest BCUT2D eigenvalue weighted by atomic mass is 32.2. The minimum absolute atomic E-state index is 0.0745. The van der Waals surface area contributed by atoms with Crippen LogP contribution in [0.1, 0.15) is 32.1 Å². The number of nitrogens with one attached hydrogen (secondary N) is 1. The molecule has 1 amide bonds. The highest BCUT2D eigenvalue weighted by Crippen LogP contribution is 2.30. The van der Waals surface area contributed by atoms with Crippen LogP contribution in [0, 0.1) is 5.41 Å². The maximum absolute atomic E-state index is 12.6. The molecule has 3 rings (SSSR count). The molecule has 0 aliphatic carbocycles. The summed E-state index contributed by atoms with van der Waals surface area (Å²) in [6.07, 6.45) is 3.66. The van der Waals surface area contributed by atoms with Crippen molar-refractivity contribution >= 4 is 21.6 Å². The molecule has 2 aliphatic rings. The Bertz CT molecular complexity index is 726. The van der Waals surface area contributed by atoms with Crippen molar-refractivity contribution in [1.82, 2.24) is 4.72 Å². The van der Waals surface area contributed by atoms with Crippen molar-refractivity contribution in [3.8, 4) is 0 Å². The molecule has 2 fully saturated rings. The largest absolute Gasteiger partial charge is 0.396 e. The van der Waals surface area contributed by atoms with E-state index in [0.717, 1.165) is 18.5 Å². The van der Waals surface area contributed by atoms with Gasteiger partial charge in [0.1, 0.15) is 0 Å². The number of aliphatic hydroxyl groups is 1. The standard InChI is InChI=1S/C18H26N2O5S/c21-14-18(8-11-25-12-9-18)13-19-26(23,24)16-6-4-15(5-7-16)20-10-2-1-3-17(20)22/h4-7,19,21H,1-3,8-14H2. The van der Waals surface area contributed by atoms with Crippen molar-refractivity contribution in [3.05, 3.63) is 24.3 Å². The summed E-state index contributed by atoms with van der Waals surface area (Å²) >= 11 is 0. The third-order valence-corrected chi connectivity index (χ3v) is 6.73. The number of nitrogens with zero attached hydrogens (tertiary/aromatic N) is 1. The fraction of sp³-hybridized carbons (Fsp3) is 0.611. The van der Waals surface area contributed by atoms with Gasteiger partial charge in [0.2, 0.25) is 15.9 Å². The van der Waals surface area contributed by atoms with E-state index in [4.69, 9.17) is 4.74 Å². The summed E-state index contributed by atoms with van der Waals surface area (Å²) in [5.74, 6) is 0.0781. The summed E-state index contributed by atoms with van der Waals surface area (Å²) in [7, 11) is -3.67. The fourth-order valence-electron chi connectivity index (χ4n) is 3.41. The maximum Gasteiger partial charge on any atom is 0.240 e. The van der Waals surface area contributed by atoms with Gasteiger partial charge in [-0.1, -0.05) is 0 Å². The molecule has 0 aromatic heterocycles. The molecule has 8 heteroatoms. The third kappa shape index (κ3) is 4.25. The molecular weight excluding hydrogens is 356 g/mol. The van der Waals surface area contributed by atoms with Crippen LogP contribution >= 0.6 is 0 Å². The van der Waals surface area contributed by atoms with Gasteiger partial charge in [-0.25, -0.2) is 13.1 Å². The van der Waals surface area contributed by atoms with Gasteiger partial charge in [-0.05, 0) is 49.9 Å². The van der Waals surface area contributed by atoms with Crippen molar-refractivity contribution in [2.45, 2.75) is 37.0 Å². The number of ether oxygens (including phenoxy) is 1. The SMILES string of the molecule is O=C1CCCCN1c1ccc(S(=O)(=O)NCC2(CO)CCOCC2)cc1. The molecule has 2 aliphatic heterocycles. The molecule has 0 saturated carbocycles. The molecule has 0 atom stereocenters. The Labute approximate surface area is 154 Å². The van der Waals surface area contributed by atoms with Gasteiger partial charge in [-0.3, -0.25) is 4.79 Å². The van der Waals surface area contributed by atoms with Crippen molar-refractivity contribution in [2.75, 3.05) is 37.8 Å². The zero-order valence-electron chi connectivity index (χ0n) is 14.8. The Kier molecular flexibility index (Phi) is 5.96. The number of amides is 1. The second-order valence-electron chi connectivity index (χ2n) is 7.09. The summed E-state index contributed by atoms with van der Waals surface area (Å²) < 4.78 is 33.1. The maximum atomic E-state index is 12.6. The van der Waals surface area contributed by atoms with Crippen LogP contribution in [0.25, 0.3) is 0 Å². The van der Waals surface area contributed by atoms with Crippen LogP contribution in [0.3, 0.4) is 0 Å². The molecule has 144 valence electrons. The summed E-state index contributed by atoms with van der Waals surface area (Å²) in [6.45, 7) is 1.84. The van der Waals surface area contributed by atoms with Gasteiger partial charge in [-0.15, -0.1) is 0 Å². The average molecular weight is 382 g/mol. The monoisotopic (exact) mass is 382 g/mol. The molecule has 2 N–H and O–H groups in total. The molecule has 26 heavy (non-hydrogen) atoms. The predicted molar refractivity (Wildman–Crippen MR) is 97.4 cm³/mol. The molecule has 2 saturated heterocycles. The van der Waals surface area contributed by atoms with Gasteiger partial charge >= 0.3 is 0 Å². The number of sulfonamides is 1. The van der Waals surface area contributed by atoms with Gasteiger partial charge in [0.25, 0.3) is 0 Å². The van der Waals surface area contributed by atoms with E-state index >= 15 is 0 Å². The van der Waals surface area contributed by atoms with E-state index in [-0.39, 0.29) is 24.0 Å². The first-order valence-corrected chi connectivity index (χ1v) is 10.5. The number of anilines is 1. The van der Waals surface area contributed by atoms with E-state index in [1.54, 1.807) is 17.0 Å². The molecule has 1 aromatic rings. The van der Waals surface area contributed by atoms with Crippen molar-refractivity contribution in [1.29, 1.82) is 0 Å². The molecule has 7 nitrogen and oxygen atoms in total. The van der Waals surface area contributed by atoms with Gasteiger partial charge < -0.3 is 14.7 Å². The first-order chi connectivity index (χ1) is 12.5. The van der Waals surface area contributed by atoms with Crippen LogP contribution in [0.2, 0.25) is 0 Å². The Morgan fingerprint density at radius 1 is 1.15 bits per heavy atom. The number of carbonyl (C=O) groups excluding carboxylic acids is 1. The van der Waals surface area contributed by atoms with E-state index < -0.39 is 15.4 Å². The van der Waals surface area contributed by atoms with E-state index in [1.165, 1.54) is 12.1 Å². The fourth-order valence-corrected chi connectivity index (χ4v) is 4.57. The van der Waals surface area contributed by atoms with Crippen LogP contribution in [0.5, 0.6) is 0 Å². The number of carbonyl (C=O) groups is 1. The van der Waals surface area contributed by atoms with Crippen LogP contribution in [-0.4, -0.2) is 52.3 Å². The molecule has 0 spiro atoms. The normalized spacial score (nSPS) is 21.0. The Balaban J connectivity index is 1.68. The van der Waals surface area contributed by atoms with Crippen LogP contribution in [-0.2, 0) is 19.6 Å². The van der Waals surface area contributed by atoms with Crippen molar-refractivity contribution in [2.24, 2.45) is 5.41 Å². The summed E-state index contributed by atoms with van der Waals surface area (Å²) in [5, 5.41) is 9.69. The number of rotatable bonds is 6. The lowest BCUT2D eigenvalue weighted by atomic mass is 9.81. The third-order valence-electron chi connectivity index (χ3n) is 5.31. The lowest BCUT2D eigenvalue weighted by Crippen LogP contribution is -2.43. The summed E-state index contributed by atoms with van der Waals surface area (Å²) in [6, 6.07) is 6.40. The minimum Gasteiger partial charge on any atom is -0.396 e. The van der Waals surface area contributed by atoms with Gasteiger partial charge in [0, 0.05) is 43.8 Å². The van der Waals surface area contributed by atoms with Gasteiger partial charge in [0.05, 0.1) is 11.5 Å². The van der Waals surface area contributed by atoms with E-state index in [1.807, 2.05) is 0 Å². The molecule has 2 heterocycles. The predicted octanol–water partition coefficient (Wildman–Crippen LogP) is 1.27. The van der Waals surface area contributed by atoms with Crippen LogP contribution in [0.15, 0.2) is 29.2 Å². The topological polar surface area (TPSA) is 95.9 Å². The second kappa shape index (κ2) is 8.04. The minimum atomic E-state index is -3.67. The second-order valence-corrected chi connectivity index (χ2v) is 8.86. The average Bonchev–Trinajstić information content (AvgIpc) is 2.68. The number of piperidine rings is 1. The summed E-state index contributed by atoms with van der Waals surface area (Å²) in [4.78, 5) is 13.8. The lowest BCUT2D eigenvalue weighted by Gasteiger charge is -2.35. The zero-order valence-corrected chi connectivity index (χ0v) is 15.6. The molecular formula is C18H26N2O5S. The molecule has 0 radical (unpaired) electrons. The van der Waals surface area contributed by atoms with Gasteiger partial charge in [-0.2, -0.15) is 0 Å². The van der Waals surface area contributed by atoms with E-state index in [2.05, 4.69) is 4.72 Å². The Morgan fingerprint density at radius 3 is 2.46 bits per heavy atom. The number of aliphatic hydroxyl groups excluding tert-OH is 1. The molecule has 0 bridgehead atoms. The van der Waals surface area contributed by atoms with E-state index in [9.17, 15) is 18.3 Å². The first-order valence-electron chi connectivity index (χ1n) is 9.05. The lowest BCUT2D eigenvalue weighted by molar-refractivity contribution is -0.119. The smallest absolute Gasteiger partial charge is 0.240 e. The van der Waals surface area contributed by atoms with Crippen molar-refractivity contribution in [3.63, 3.8) is 0 Å². The zero-order chi connectivity index (χ0) is 18.6. The number of hydrogen-bond acceptors (Lipinski definition) is 5. The highest BCUT2D eigenvalue weighted by molar-refractivity contribution is 7.89. The first kappa shape index (κ1) is 19.3. The molecule has 1 aromatic carbocycles. The summed E-state index contributed by atoms with van der Waals surface area (Å²) in [5.41, 5.74) is 0.260. The Morgan fingerprint density at radius 2 is 1.85 bits per heavy atom. The number of hydrogen-bond donors (Lipinski definition) is 2. The van der Waals surface area contributed by atoms with E-state index in [0.29, 0.717) is 39.0 Å². The Hall–Kier alpha value is -1.48. The van der Waals surface area contributed by atoms with Crippen LogP contribution < -0.4 is 9.62 Å². The van der Waals surface area contributed by atoms with Crippen LogP contribution in [0.4, 0.5) is 5.69 Å². The van der Waals surface area contributed by atoms with Gasteiger partial charge in [0.15, 0.2) is 0 Å². The quantitative estimate of drug-likeness (QED) is 0.772. The molecule has 0 unspecified atom stereocenters. The number of benzene rings is 1. The van der Waals surface area contributed by atoms with Crippen molar-refractivity contribution < 1.29 is 23.1 Å².